The van der Waals surface area contributed by atoms with Gasteiger partial charge in [0.25, 0.3) is 0 Å². The molecular weight excluding hydrogens is 152 g/mol. The number of rotatable bonds is 2. The van der Waals surface area contributed by atoms with E-state index in [1.54, 1.807) is 18.2 Å². The molecule has 0 radical (unpaired) electrons. The number of carbonyl (C=O) groups excluding carboxylic acids is 1. The van der Waals surface area contributed by atoms with Gasteiger partial charge in [-0.1, -0.05) is 0 Å². The molecule has 0 saturated carbocycles. The Morgan fingerprint density at radius 1 is 1.50 bits per heavy atom. The van der Waals surface area contributed by atoms with E-state index in [0.717, 1.165) is 5.56 Å². The van der Waals surface area contributed by atoms with Gasteiger partial charge in [-0.2, -0.15) is 0 Å². The van der Waals surface area contributed by atoms with Crippen molar-refractivity contribution in [3.63, 3.8) is 0 Å². The van der Waals surface area contributed by atoms with E-state index in [1.165, 1.54) is 6.92 Å². The largest absolute Gasteiger partial charge is 0.398 e. The number of benzene rings is 1. The lowest BCUT2D eigenvalue weighted by Gasteiger charge is -2.03. The van der Waals surface area contributed by atoms with E-state index in [4.69, 9.17) is 11.5 Å². The Balaban J connectivity index is 3.13. The summed E-state index contributed by atoms with van der Waals surface area (Å²) in [4.78, 5) is 10.9. The number of Topliss-reactive ketones (excluding diaryl/α,β-unsaturated/α-hetero) is 1. The van der Waals surface area contributed by atoms with Gasteiger partial charge in [-0.05, 0) is 30.7 Å². The summed E-state index contributed by atoms with van der Waals surface area (Å²) in [6.45, 7) is 1.89. The van der Waals surface area contributed by atoms with E-state index in [-0.39, 0.29) is 5.78 Å². The van der Waals surface area contributed by atoms with Gasteiger partial charge in [-0.15, -0.1) is 0 Å². The highest BCUT2D eigenvalue weighted by Crippen LogP contribution is 2.13. The summed E-state index contributed by atoms with van der Waals surface area (Å²) >= 11 is 0. The summed E-state index contributed by atoms with van der Waals surface area (Å²) in [6, 6.07) is 5.15. The summed E-state index contributed by atoms with van der Waals surface area (Å²) in [6.07, 6.45) is 0. The van der Waals surface area contributed by atoms with Crippen LogP contribution in [0.1, 0.15) is 22.8 Å². The maximum absolute atomic E-state index is 10.9. The van der Waals surface area contributed by atoms with Crippen LogP contribution in [-0.2, 0) is 6.54 Å². The summed E-state index contributed by atoms with van der Waals surface area (Å²) in [5.41, 5.74) is 13.2. The Morgan fingerprint density at radius 2 is 2.17 bits per heavy atom. The number of nitrogens with two attached hydrogens (primary N) is 2. The molecule has 0 atom stereocenters. The standard InChI is InChI=1S/C9H12N2O/c1-6(12)7-2-3-9(11)8(4-7)5-10/h2-4H,5,10-11H2,1H3. The van der Waals surface area contributed by atoms with E-state index >= 15 is 0 Å². The van der Waals surface area contributed by atoms with E-state index < -0.39 is 0 Å². The Labute approximate surface area is 71.4 Å². The Hall–Kier alpha value is -1.35. The molecule has 0 unspecified atom stereocenters. The average Bonchev–Trinajstić information content (AvgIpc) is 2.05. The molecule has 0 amide bonds. The topological polar surface area (TPSA) is 69.1 Å². The van der Waals surface area contributed by atoms with Crippen LogP contribution in [-0.4, -0.2) is 5.78 Å². The van der Waals surface area contributed by atoms with Gasteiger partial charge in [0.15, 0.2) is 5.78 Å². The highest BCUT2D eigenvalue weighted by molar-refractivity contribution is 5.94. The van der Waals surface area contributed by atoms with E-state index in [9.17, 15) is 4.79 Å². The zero-order valence-electron chi connectivity index (χ0n) is 7.00. The zero-order chi connectivity index (χ0) is 9.14. The van der Waals surface area contributed by atoms with Crippen molar-refractivity contribution in [1.29, 1.82) is 0 Å². The molecular formula is C9H12N2O. The number of ketones is 1. The Morgan fingerprint density at radius 3 is 2.67 bits per heavy atom. The highest BCUT2D eigenvalue weighted by Gasteiger charge is 2.02. The van der Waals surface area contributed by atoms with Crippen LogP contribution in [0.2, 0.25) is 0 Å². The fourth-order valence-corrected chi connectivity index (χ4v) is 1.00. The smallest absolute Gasteiger partial charge is 0.159 e. The van der Waals surface area contributed by atoms with Crippen molar-refractivity contribution in [2.24, 2.45) is 5.73 Å². The quantitative estimate of drug-likeness (QED) is 0.504. The lowest BCUT2D eigenvalue weighted by Crippen LogP contribution is -2.03. The fraction of sp³-hybridized carbons (Fsp3) is 0.222. The number of nitrogen functional groups attached to an aromatic ring is 1. The van der Waals surface area contributed by atoms with Crippen LogP contribution in [0.5, 0.6) is 0 Å². The normalized spacial score (nSPS) is 9.83. The lowest BCUT2D eigenvalue weighted by atomic mass is 10.1. The molecule has 4 N–H and O–H groups in total. The molecule has 0 heterocycles. The van der Waals surface area contributed by atoms with Crippen molar-refractivity contribution >= 4 is 11.5 Å². The van der Waals surface area contributed by atoms with Crippen LogP contribution in [0, 0.1) is 0 Å². The molecule has 1 aromatic carbocycles. The minimum absolute atomic E-state index is 0.0321. The summed E-state index contributed by atoms with van der Waals surface area (Å²) in [5, 5.41) is 0. The molecule has 0 saturated heterocycles. The van der Waals surface area contributed by atoms with E-state index in [1.807, 2.05) is 0 Å². The van der Waals surface area contributed by atoms with Crippen molar-refractivity contribution in [2.45, 2.75) is 13.5 Å². The molecule has 0 aliphatic heterocycles. The maximum atomic E-state index is 10.9. The Kier molecular flexibility index (Phi) is 2.45. The van der Waals surface area contributed by atoms with Crippen LogP contribution >= 0.6 is 0 Å². The third-order valence-electron chi connectivity index (χ3n) is 1.77. The molecule has 0 aliphatic rings. The van der Waals surface area contributed by atoms with E-state index in [0.29, 0.717) is 17.8 Å². The number of anilines is 1. The van der Waals surface area contributed by atoms with Crippen molar-refractivity contribution < 1.29 is 4.79 Å². The molecule has 0 spiro atoms. The molecule has 1 aromatic rings. The molecule has 1 rings (SSSR count). The average molecular weight is 164 g/mol. The van der Waals surface area contributed by atoms with Gasteiger partial charge in [-0.3, -0.25) is 4.79 Å². The van der Waals surface area contributed by atoms with Crippen LogP contribution < -0.4 is 11.5 Å². The van der Waals surface area contributed by atoms with Gasteiger partial charge in [0, 0.05) is 17.8 Å². The number of hydrogen-bond acceptors (Lipinski definition) is 3. The SMILES string of the molecule is CC(=O)c1ccc(N)c(CN)c1. The molecule has 0 aromatic heterocycles. The Bertz CT molecular complexity index is 307. The van der Waals surface area contributed by atoms with Crippen molar-refractivity contribution in [3.8, 4) is 0 Å². The van der Waals surface area contributed by atoms with Gasteiger partial charge in [0.2, 0.25) is 0 Å². The lowest BCUT2D eigenvalue weighted by molar-refractivity contribution is 0.101. The van der Waals surface area contributed by atoms with Crippen molar-refractivity contribution in [1.82, 2.24) is 0 Å². The molecule has 3 nitrogen and oxygen atoms in total. The minimum atomic E-state index is 0.0321. The maximum Gasteiger partial charge on any atom is 0.159 e. The molecule has 0 aliphatic carbocycles. The van der Waals surface area contributed by atoms with E-state index in [2.05, 4.69) is 0 Å². The molecule has 3 heteroatoms. The van der Waals surface area contributed by atoms with Crippen LogP contribution in [0.25, 0.3) is 0 Å². The first kappa shape index (κ1) is 8.74. The summed E-state index contributed by atoms with van der Waals surface area (Å²) < 4.78 is 0. The molecule has 64 valence electrons. The molecule has 12 heavy (non-hydrogen) atoms. The second kappa shape index (κ2) is 3.36. The van der Waals surface area contributed by atoms with Crippen molar-refractivity contribution in [3.05, 3.63) is 29.3 Å². The first-order valence-corrected chi connectivity index (χ1v) is 3.74. The van der Waals surface area contributed by atoms with Gasteiger partial charge in [-0.25, -0.2) is 0 Å². The summed E-state index contributed by atoms with van der Waals surface area (Å²) in [7, 11) is 0. The van der Waals surface area contributed by atoms with Gasteiger partial charge in [0.1, 0.15) is 0 Å². The predicted octanol–water partition coefficient (Wildman–Crippen LogP) is 0.930. The van der Waals surface area contributed by atoms with Gasteiger partial charge >= 0.3 is 0 Å². The minimum Gasteiger partial charge on any atom is -0.398 e. The third-order valence-corrected chi connectivity index (χ3v) is 1.77. The van der Waals surface area contributed by atoms with Crippen LogP contribution in [0.15, 0.2) is 18.2 Å². The second-order valence-corrected chi connectivity index (χ2v) is 2.67. The monoisotopic (exact) mass is 164 g/mol. The predicted molar refractivity (Wildman–Crippen MR) is 48.8 cm³/mol. The van der Waals surface area contributed by atoms with Crippen LogP contribution in [0.4, 0.5) is 5.69 Å². The third kappa shape index (κ3) is 1.62. The van der Waals surface area contributed by atoms with Crippen molar-refractivity contribution in [2.75, 3.05) is 5.73 Å². The zero-order valence-corrected chi connectivity index (χ0v) is 7.00. The first-order valence-electron chi connectivity index (χ1n) is 3.74. The first-order chi connectivity index (χ1) is 5.65. The molecule has 0 fully saturated rings. The second-order valence-electron chi connectivity index (χ2n) is 2.67. The summed E-state index contributed by atoms with van der Waals surface area (Å²) in [5.74, 6) is 0.0321. The van der Waals surface area contributed by atoms with Crippen LogP contribution in [0.3, 0.4) is 0 Å². The number of carbonyl (C=O) groups is 1. The molecule has 0 bridgehead atoms. The number of hydrogen-bond donors (Lipinski definition) is 2. The van der Waals surface area contributed by atoms with Gasteiger partial charge in [0.05, 0.1) is 0 Å². The van der Waals surface area contributed by atoms with Gasteiger partial charge < -0.3 is 11.5 Å². The highest BCUT2D eigenvalue weighted by atomic mass is 16.1. The fourth-order valence-electron chi connectivity index (χ4n) is 1.00.